The summed E-state index contributed by atoms with van der Waals surface area (Å²) in [4.78, 5) is 32.7. The van der Waals surface area contributed by atoms with Gasteiger partial charge in [-0.25, -0.2) is 9.59 Å². The van der Waals surface area contributed by atoms with Crippen molar-refractivity contribution in [2.45, 2.75) is 103 Å². The number of carbonyl (C=O) groups is 3. The Kier molecular flexibility index (Phi) is 14.1. The second-order valence-electron chi connectivity index (χ2n) is 8.37. The number of unbranched alkanes of at least 4 members (excludes halogenated alkanes) is 13. The van der Waals surface area contributed by atoms with Gasteiger partial charge in [-0.2, -0.15) is 0 Å². The molecule has 6 nitrogen and oxygen atoms in total. The van der Waals surface area contributed by atoms with Crippen molar-refractivity contribution in [1.82, 2.24) is 0 Å². The molecule has 0 aliphatic rings. The minimum Gasteiger partial charge on any atom is -0.481 e. The standard InChI is InChI=1S/C25H38O6/c26-23(27)16-14-12-10-8-6-4-2-1-3-5-7-9-11-13-15-20-17-21(24(28)29)19-22(18-20)25(30)31/h17-19H,1-16H2,(H,26,27)(H,28,29)(H,30,31). The van der Waals surface area contributed by atoms with E-state index in [9.17, 15) is 14.4 Å². The average Bonchev–Trinajstić information content (AvgIpc) is 2.72. The maximum Gasteiger partial charge on any atom is 0.335 e. The number of hydrogen-bond donors (Lipinski definition) is 3. The molecule has 6 heteroatoms. The molecule has 1 aromatic rings. The number of carboxylic acids is 3. The number of carboxylic acid groups (broad SMARTS) is 3. The van der Waals surface area contributed by atoms with Crippen molar-refractivity contribution in [3.05, 3.63) is 34.9 Å². The number of hydrogen-bond acceptors (Lipinski definition) is 3. The van der Waals surface area contributed by atoms with Crippen molar-refractivity contribution in [3.63, 3.8) is 0 Å². The summed E-state index contributed by atoms with van der Waals surface area (Å²) >= 11 is 0. The highest BCUT2D eigenvalue weighted by molar-refractivity contribution is 5.94. The number of benzene rings is 1. The summed E-state index contributed by atoms with van der Waals surface area (Å²) in [5.74, 6) is -2.89. The molecule has 0 saturated carbocycles. The van der Waals surface area contributed by atoms with Gasteiger partial charge in [0.05, 0.1) is 11.1 Å². The van der Waals surface area contributed by atoms with Crippen LogP contribution in [0.1, 0.15) is 123 Å². The Bertz CT molecular complexity index is 650. The zero-order valence-electron chi connectivity index (χ0n) is 18.6. The van der Waals surface area contributed by atoms with E-state index < -0.39 is 17.9 Å². The number of aryl methyl sites for hydroxylation is 1. The first-order chi connectivity index (χ1) is 14.9. The van der Waals surface area contributed by atoms with E-state index in [1.165, 1.54) is 57.4 Å². The molecule has 0 amide bonds. The van der Waals surface area contributed by atoms with Gasteiger partial charge in [-0.3, -0.25) is 4.79 Å². The third-order valence-electron chi connectivity index (χ3n) is 5.59. The van der Waals surface area contributed by atoms with Gasteiger partial charge in [0.25, 0.3) is 0 Å². The molecule has 0 atom stereocenters. The number of aliphatic carboxylic acids is 1. The molecule has 3 N–H and O–H groups in total. The minimum absolute atomic E-state index is 0.0353. The normalized spacial score (nSPS) is 10.8. The number of aromatic carboxylic acids is 2. The van der Waals surface area contributed by atoms with Gasteiger partial charge >= 0.3 is 17.9 Å². The number of rotatable bonds is 19. The van der Waals surface area contributed by atoms with Crippen LogP contribution in [0.4, 0.5) is 0 Å². The Morgan fingerprint density at radius 1 is 0.516 bits per heavy atom. The lowest BCUT2D eigenvalue weighted by Crippen LogP contribution is -2.04. The molecule has 0 aliphatic carbocycles. The van der Waals surface area contributed by atoms with E-state index in [-0.39, 0.29) is 11.1 Å². The molecule has 0 spiro atoms. The smallest absolute Gasteiger partial charge is 0.335 e. The summed E-state index contributed by atoms with van der Waals surface area (Å²) in [5, 5.41) is 26.8. The zero-order chi connectivity index (χ0) is 22.9. The summed E-state index contributed by atoms with van der Waals surface area (Å²) in [5.41, 5.74) is 0.848. The molecule has 0 aromatic heterocycles. The highest BCUT2D eigenvalue weighted by Gasteiger charge is 2.11. The fraction of sp³-hybridized carbons (Fsp3) is 0.640. The Labute approximate surface area is 185 Å². The molecule has 1 aromatic carbocycles. The van der Waals surface area contributed by atoms with E-state index in [0.717, 1.165) is 44.1 Å². The van der Waals surface area contributed by atoms with Gasteiger partial charge in [0, 0.05) is 6.42 Å². The summed E-state index contributed by atoms with van der Waals surface area (Å²) in [6, 6.07) is 4.35. The first-order valence-corrected chi connectivity index (χ1v) is 11.7. The molecule has 0 bridgehead atoms. The molecule has 0 aliphatic heterocycles. The van der Waals surface area contributed by atoms with Crippen LogP contribution >= 0.6 is 0 Å². The predicted octanol–water partition coefficient (Wildman–Crippen LogP) is 6.56. The SMILES string of the molecule is O=C(O)CCCCCCCCCCCCCCCCc1cc(C(=O)O)cc(C(=O)O)c1. The van der Waals surface area contributed by atoms with Crippen LogP contribution in [0.25, 0.3) is 0 Å². The van der Waals surface area contributed by atoms with E-state index in [1.54, 1.807) is 12.1 Å². The Morgan fingerprint density at radius 3 is 1.23 bits per heavy atom. The van der Waals surface area contributed by atoms with E-state index in [1.807, 2.05) is 0 Å². The molecule has 0 fully saturated rings. The molecule has 0 saturated heterocycles. The summed E-state index contributed by atoms with van der Waals surface area (Å²) in [6.07, 6.45) is 17.1. The lowest BCUT2D eigenvalue weighted by atomic mass is 10.00. The second-order valence-corrected chi connectivity index (χ2v) is 8.37. The van der Waals surface area contributed by atoms with Crippen LogP contribution in [-0.4, -0.2) is 33.2 Å². The van der Waals surface area contributed by atoms with Gasteiger partial charge in [-0.1, -0.05) is 77.0 Å². The van der Waals surface area contributed by atoms with Gasteiger partial charge < -0.3 is 15.3 Å². The Balaban J connectivity index is 1.99. The van der Waals surface area contributed by atoms with Crippen molar-refractivity contribution in [1.29, 1.82) is 0 Å². The monoisotopic (exact) mass is 434 g/mol. The fourth-order valence-corrected chi connectivity index (χ4v) is 3.81. The Hall–Kier alpha value is -2.37. The van der Waals surface area contributed by atoms with Crippen LogP contribution in [0.2, 0.25) is 0 Å². The van der Waals surface area contributed by atoms with Gasteiger partial charge in [0.2, 0.25) is 0 Å². The van der Waals surface area contributed by atoms with E-state index in [0.29, 0.717) is 12.8 Å². The lowest BCUT2D eigenvalue weighted by Gasteiger charge is -2.06. The molecule has 174 valence electrons. The van der Waals surface area contributed by atoms with E-state index in [4.69, 9.17) is 15.3 Å². The van der Waals surface area contributed by atoms with Crippen molar-refractivity contribution >= 4 is 17.9 Å². The highest BCUT2D eigenvalue weighted by Crippen LogP contribution is 2.16. The quantitative estimate of drug-likeness (QED) is 0.213. The molecule has 1 rings (SSSR count). The maximum atomic E-state index is 11.2. The van der Waals surface area contributed by atoms with E-state index >= 15 is 0 Å². The molecular weight excluding hydrogens is 396 g/mol. The van der Waals surface area contributed by atoms with Crippen LogP contribution < -0.4 is 0 Å². The van der Waals surface area contributed by atoms with Gasteiger partial charge in [0.15, 0.2) is 0 Å². The van der Waals surface area contributed by atoms with Crippen molar-refractivity contribution < 1.29 is 29.7 Å². The molecule has 0 radical (unpaired) electrons. The maximum absolute atomic E-state index is 11.2. The first-order valence-electron chi connectivity index (χ1n) is 11.7. The van der Waals surface area contributed by atoms with Crippen LogP contribution in [0.3, 0.4) is 0 Å². The Morgan fingerprint density at radius 2 is 0.871 bits per heavy atom. The predicted molar refractivity (Wildman–Crippen MR) is 121 cm³/mol. The minimum atomic E-state index is -1.10. The summed E-state index contributed by atoms with van der Waals surface area (Å²) < 4.78 is 0. The third-order valence-corrected chi connectivity index (χ3v) is 5.59. The topological polar surface area (TPSA) is 112 Å². The first kappa shape index (κ1) is 26.7. The van der Waals surface area contributed by atoms with Gasteiger partial charge in [0.1, 0.15) is 0 Å². The van der Waals surface area contributed by atoms with Gasteiger partial charge in [-0.15, -0.1) is 0 Å². The molecule has 0 heterocycles. The lowest BCUT2D eigenvalue weighted by molar-refractivity contribution is -0.137. The zero-order valence-corrected chi connectivity index (χ0v) is 18.6. The van der Waals surface area contributed by atoms with Crippen molar-refractivity contribution in [2.75, 3.05) is 0 Å². The second kappa shape index (κ2) is 16.3. The van der Waals surface area contributed by atoms with Crippen LogP contribution in [0.5, 0.6) is 0 Å². The van der Waals surface area contributed by atoms with Crippen molar-refractivity contribution in [3.8, 4) is 0 Å². The van der Waals surface area contributed by atoms with Crippen LogP contribution in [0, 0.1) is 0 Å². The fourth-order valence-electron chi connectivity index (χ4n) is 3.81. The van der Waals surface area contributed by atoms with Crippen molar-refractivity contribution in [2.24, 2.45) is 0 Å². The van der Waals surface area contributed by atoms with Crippen LogP contribution in [0.15, 0.2) is 18.2 Å². The van der Waals surface area contributed by atoms with E-state index in [2.05, 4.69) is 0 Å². The molecule has 31 heavy (non-hydrogen) atoms. The average molecular weight is 435 g/mol. The largest absolute Gasteiger partial charge is 0.481 e. The summed E-state index contributed by atoms with van der Waals surface area (Å²) in [7, 11) is 0. The van der Waals surface area contributed by atoms with Crippen LogP contribution in [-0.2, 0) is 11.2 Å². The highest BCUT2D eigenvalue weighted by atomic mass is 16.4. The third kappa shape index (κ3) is 13.5. The summed E-state index contributed by atoms with van der Waals surface area (Å²) in [6.45, 7) is 0. The molecular formula is C25H38O6. The van der Waals surface area contributed by atoms with Gasteiger partial charge in [-0.05, 0) is 43.0 Å². The molecule has 0 unspecified atom stereocenters.